The van der Waals surface area contributed by atoms with E-state index in [0.29, 0.717) is 0 Å². The third-order valence-electron chi connectivity index (χ3n) is 2.53. The zero-order chi connectivity index (χ0) is 11.0. The second-order valence-corrected chi connectivity index (χ2v) is 4.60. The van der Waals surface area contributed by atoms with Gasteiger partial charge in [-0.25, -0.2) is 4.98 Å². The van der Waals surface area contributed by atoms with Gasteiger partial charge < -0.3 is 4.57 Å². The van der Waals surface area contributed by atoms with Crippen LogP contribution in [0.4, 0.5) is 0 Å². The molecule has 0 aliphatic rings. The summed E-state index contributed by atoms with van der Waals surface area (Å²) in [6.45, 7) is 6.25. The third kappa shape index (κ3) is 1.84. The summed E-state index contributed by atoms with van der Waals surface area (Å²) in [5.41, 5.74) is 3.62. The summed E-state index contributed by atoms with van der Waals surface area (Å²) < 4.78 is 3.20. The Kier molecular flexibility index (Phi) is 2.65. The molecule has 2 rings (SSSR count). The zero-order valence-corrected chi connectivity index (χ0v) is 10.7. The molecule has 0 aromatic carbocycles. The molecular formula is C12H13BrN2. The Hall–Kier alpha value is -1.09. The molecule has 0 spiro atoms. The van der Waals surface area contributed by atoms with Crippen molar-refractivity contribution in [2.45, 2.75) is 20.8 Å². The highest BCUT2D eigenvalue weighted by atomic mass is 79.9. The Morgan fingerprint density at radius 3 is 2.27 bits per heavy atom. The molecule has 0 atom stereocenters. The number of aromatic nitrogens is 2. The van der Waals surface area contributed by atoms with Crippen LogP contribution in [0.25, 0.3) is 5.82 Å². The van der Waals surface area contributed by atoms with Crippen LogP contribution in [-0.4, -0.2) is 9.55 Å². The lowest BCUT2D eigenvalue weighted by Crippen LogP contribution is -2.01. The number of nitrogens with zero attached hydrogens (tertiary/aromatic N) is 2. The van der Waals surface area contributed by atoms with Crippen LogP contribution in [0.3, 0.4) is 0 Å². The lowest BCUT2D eigenvalue weighted by molar-refractivity contribution is 0.917. The van der Waals surface area contributed by atoms with Crippen molar-refractivity contribution in [3.05, 3.63) is 45.8 Å². The molecule has 0 saturated heterocycles. The molecule has 78 valence electrons. The molecule has 0 radical (unpaired) electrons. The van der Waals surface area contributed by atoms with Crippen molar-refractivity contribution in [2.24, 2.45) is 0 Å². The van der Waals surface area contributed by atoms with E-state index in [-0.39, 0.29) is 0 Å². The molecule has 0 aliphatic carbocycles. The number of rotatable bonds is 1. The normalized spacial score (nSPS) is 10.7. The van der Waals surface area contributed by atoms with Crippen molar-refractivity contribution in [3.63, 3.8) is 0 Å². The van der Waals surface area contributed by atoms with Gasteiger partial charge in [0.15, 0.2) is 0 Å². The molecule has 0 aliphatic heterocycles. The first-order chi connectivity index (χ1) is 7.09. The molecule has 0 unspecified atom stereocenters. The lowest BCUT2D eigenvalue weighted by Gasteiger charge is -2.09. The SMILES string of the molecule is Cc1cc(-n2c(C)ccc2C)ncc1Br. The highest BCUT2D eigenvalue weighted by Gasteiger charge is 2.06. The van der Waals surface area contributed by atoms with Crippen LogP contribution >= 0.6 is 15.9 Å². The second-order valence-electron chi connectivity index (χ2n) is 3.74. The molecule has 2 nitrogen and oxygen atoms in total. The van der Waals surface area contributed by atoms with E-state index in [1.165, 1.54) is 17.0 Å². The molecule has 0 fully saturated rings. The van der Waals surface area contributed by atoms with Gasteiger partial charge in [0.05, 0.1) is 0 Å². The maximum absolute atomic E-state index is 4.42. The van der Waals surface area contributed by atoms with Crippen molar-refractivity contribution in [2.75, 3.05) is 0 Å². The Balaban J connectivity index is 2.59. The van der Waals surface area contributed by atoms with Crippen molar-refractivity contribution >= 4 is 15.9 Å². The van der Waals surface area contributed by atoms with E-state index in [0.717, 1.165) is 10.3 Å². The van der Waals surface area contributed by atoms with Gasteiger partial charge in [0.25, 0.3) is 0 Å². The van der Waals surface area contributed by atoms with E-state index in [1.54, 1.807) is 0 Å². The van der Waals surface area contributed by atoms with Gasteiger partial charge in [-0.3, -0.25) is 0 Å². The van der Waals surface area contributed by atoms with Crippen LogP contribution in [0.2, 0.25) is 0 Å². The molecule has 2 heterocycles. The van der Waals surface area contributed by atoms with Gasteiger partial charge in [-0.1, -0.05) is 0 Å². The van der Waals surface area contributed by atoms with Crippen LogP contribution in [0.15, 0.2) is 28.9 Å². The average Bonchev–Trinajstić information content (AvgIpc) is 2.52. The fourth-order valence-corrected chi connectivity index (χ4v) is 1.89. The van der Waals surface area contributed by atoms with E-state index in [9.17, 15) is 0 Å². The van der Waals surface area contributed by atoms with E-state index in [1.807, 2.05) is 6.20 Å². The lowest BCUT2D eigenvalue weighted by atomic mass is 10.3. The van der Waals surface area contributed by atoms with Gasteiger partial charge in [-0.05, 0) is 60.5 Å². The van der Waals surface area contributed by atoms with Gasteiger partial charge in [0, 0.05) is 22.1 Å². The molecular weight excluding hydrogens is 252 g/mol. The smallest absolute Gasteiger partial charge is 0.137 e. The van der Waals surface area contributed by atoms with Gasteiger partial charge in [0.2, 0.25) is 0 Å². The molecule has 2 aromatic heterocycles. The summed E-state index contributed by atoms with van der Waals surface area (Å²) in [6, 6.07) is 6.30. The highest BCUT2D eigenvalue weighted by Crippen LogP contribution is 2.19. The van der Waals surface area contributed by atoms with E-state index in [4.69, 9.17) is 0 Å². The van der Waals surface area contributed by atoms with Crippen molar-refractivity contribution in [1.29, 1.82) is 0 Å². The standard InChI is InChI=1S/C12H13BrN2/c1-8-6-12(14-7-11(8)13)15-9(2)4-5-10(15)3/h4-7H,1-3H3. The largest absolute Gasteiger partial charge is 0.303 e. The fraction of sp³-hybridized carbons (Fsp3) is 0.250. The van der Waals surface area contributed by atoms with E-state index >= 15 is 0 Å². The number of hydrogen-bond donors (Lipinski definition) is 0. The summed E-state index contributed by atoms with van der Waals surface area (Å²) in [5.74, 6) is 0.982. The van der Waals surface area contributed by atoms with Crippen LogP contribution < -0.4 is 0 Å². The first-order valence-corrected chi connectivity index (χ1v) is 5.66. The van der Waals surface area contributed by atoms with Gasteiger partial charge in [0.1, 0.15) is 5.82 Å². The summed E-state index contributed by atoms with van der Waals surface area (Å²) in [6.07, 6.45) is 1.85. The zero-order valence-electron chi connectivity index (χ0n) is 9.08. The van der Waals surface area contributed by atoms with Crippen LogP contribution in [-0.2, 0) is 0 Å². The Morgan fingerprint density at radius 2 is 1.73 bits per heavy atom. The maximum atomic E-state index is 4.42. The second kappa shape index (κ2) is 3.81. The van der Waals surface area contributed by atoms with Gasteiger partial charge in [-0.15, -0.1) is 0 Å². The Labute approximate surface area is 98.1 Å². The minimum atomic E-state index is 0.982. The van der Waals surface area contributed by atoms with E-state index < -0.39 is 0 Å². The molecule has 0 N–H and O–H groups in total. The average molecular weight is 265 g/mol. The summed E-state index contributed by atoms with van der Waals surface area (Å²) in [5, 5.41) is 0. The molecule has 0 saturated carbocycles. The maximum Gasteiger partial charge on any atom is 0.137 e. The molecule has 2 aromatic rings. The number of hydrogen-bond acceptors (Lipinski definition) is 1. The van der Waals surface area contributed by atoms with Crippen LogP contribution in [0, 0.1) is 20.8 Å². The first-order valence-electron chi connectivity index (χ1n) is 4.87. The van der Waals surface area contributed by atoms with Crippen molar-refractivity contribution in [3.8, 4) is 5.82 Å². The molecule has 0 bridgehead atoms. The summed E-state index contributed by atoms with van der Waals surface area (Å²) in [4.78, 5) is 4.42. The number of aryl methyl sites for hydroxylation is 3. The number of halogens is 1. The number of pyridine rings is 1. The van der Waals surface area contributed by atoms with Crippen LogP contribution in [0.5, 0.6) is 0 Å². The molecule has 3 heteroatoms. The van der Waals surface area contributed by atoms with Gasteiger partial charge in [-0.2, -0.15) is 0 Å². The minimum Gasteiger partial charge on any atom is -0.303 e. The van der Waals surface area contributed by atoms with E-state index in [2.05, 4.69) is 64.5 Å². The fourth-order valence-electron chi connectivity index (χ4n) is 1.68. The van der Waals surface area contributed by atoms with Crippen molar-refractivity contribution in [1.82, 2.24) is 9.55 Å². The van der Waals surface area contributed by atoms with Crippen molar-refractivity contribution < 1.29 is 0 Å². The topological polar surface area (TPSA) is 17.8 Å². The highest BCUT2D eigenvalue weighted by molar-refractivity contribution is 9.10. The molecule has 0 amide bonds. The first kappa shape index (κ1) is 10.4. The van der Waals surface area contributed by atoms with Crippen LogP contribution in [0.1, 0.15) is 17.0 Å². The third-order valence-corrected chi connectivity index (χ3v) is 3.36. The minimum absolute atomic E-state index is 0.982. The quantitative estimate of drug-likeness (QED) is 0.770. The summed E-state index contributed by atoms with van der Waals surface area (Å²) in [7, 11) is 0. The predicted molar refractivity (Wildman–Crippen MR) is 65.5 cm³/mol. The Bertz CT molecular complexity index is 481. The molecule has 15 heavy (non-hydrogen) atoms. The predicted octanol–water partition coefficient (Wildman–Crippen LogP) is 3.56. The summed E-state index contributed by atoms with van der Waals surface area (Å²) >= 11 is 3.46. The monoisotopic (exact) mass is 264 g/mol. The Morgan fingerprint density at radius 1 is 1.13 bits per heavy atom. The van der Waals surface area contributed by atoms with Gasteiger partial charge >= 0.3 is 0 Å².